The van der Waals surface area contributed by atoms with Crippen LogP contribution in [-0.2, 0) is 4.74 Å². The van der Waals surface area contributed by atoms with E-state index in [-0.39, 0.29) is 11.7 Å². The van der Waals surface area contributed by atoms with Crippen molar-refractivity contribution in [1.29, 1.82) is 0 Å². The number of ether oxygens (including phenoxy) is 1. The number of carbonyl (C=O) groups is 1. The second-order valence-corrected chi connectivity index (χ2v) is 6.20. The standard InChI is InChI=1S/C17H24N2O3/c20-16-5-3-15(4-6-16)17(21)19-9-7-18(8-10-19)11-12-22-13-14-1-2-14/h3-6,14,20H,1-2,7-13H2. The summed E-state index contributed by atoms with van der Waals surface area (Å²) in [6.45, 7) is 5.97. The highest BCUT2D eigenvalue weighted by Crippen LogP contribution is 2.28. The molecule has 0 radical (unpaired) electrons. The maximum atomic E-state index is 12.4. The molecule has 1 aliphatic carbocycles. The van der Waals surface area contributed by atoms with Gasteiger partial charge < -0.3 is 14.7 Å². The lowest BCUT2D eigenvalue weighted by Crippen LogP contribution is -2.49. The van der Waals surface area contributed by atoms with Gasteiger partial charge in [-0.1, -0.05) is 0 Å². The fourth-order valence-corrected chi connectivity index (χ4v) is 2.69. The van der Waals surface area contributed by atoms with Crippen molar-refractivity contribution in [3.05, 3.63) is 29.8 Å². The van der Waals surface area contributed by atoms with Crippen LogP contribution in [-0.4, -0.2) is 66.8 Å². The third-order valence-electron chi connectivity index (χ3n) is 4.38. The van der Waals surface area contributed by atoms with Gasteiger partial charge >= 0.3 is 0 Å². The summed E-state index contributed by atoms with van der Waals surface area (Å²) >= 11 is 0. The summed E-state index contributed by atoms with van der Waals surface area (Å²) < 4.78 is 5.67. The van der Waals surface area contributed by atoms with Gasteiger partial charge in [0, 0.05) is 44.9 Å². The molecule has 22 heavy (non-hydrogen) atoms. The predicted molar refractivity (Wildman–Crippen MR) is 84.0 cm³/mol. The second kappa shape index (κ2) is 7.11. The largest absolute Gasteiger partial charge is 0.508 e. The predicted octanol–water partition coefficient (Wildman–Crippen LogP) is 1.58. The van der Waals surface area contributed by atoms with Crippen LogP contribution < -0.4 is 0 Å². The smallest absolute Gasteiger partial charge is 0.253 e. The molecule has 0 bridgehead atoms. The Hall–Kier alpha value is -1.59. The van der Waals surface area contributed by atoms with Gasteiger partial charge in [0.2, 0.25) is 0 Å². The number of carbonyl (C=O) groups excluding carboxylic acids is 1. The SMILES string of the molecule is O=C(c1ccc(O)cc1)N1CCN(CCOCC2CC2)CC1. The van der Waals surface area contributed by atoms with E-state index in [0.29, 0.717) is 5.56 Å². The highest BCUT2D eigenvalue weighted by molar-refractivity contribution is 5.94. The van der Waals surface area contributed by atoms with E-state index in [4.69, 9.17) is 4.74 Å². The first kappa shape index (κ1) is 15.3. The minimum atomic E-state index is 0.0460. The number of rotatable bonds is 6. The molecule has 0 spiro atoms. The highest BCUT2D eigenvalue weighted by Gasteiger charge is 2.23. The van der Waals surface area contributed by atoms with E-state index in [0.717, 1.165) is 51.9 Å². The molecule has 1 saturated carbocycles. The van der Waals surface area contributed by atoms with Crippen LogP contribution in [0.25, 0.3) is 0 Å². The molecule has 3 rings (SSSR count). The molecule has 2 aliphatic rings. The molecule has 0 atom stereocenters. The number of piperazine rings is 1. The maximum Gasteiger partial charge on any atom is 0.253 e. The minimum absolute atomic E-state index is 0.0460. The molecule has 1 aromatic carbocycles. The van der Waals surface area contributed by atoms with E-state index in [2.05, 4.69) is 4.90 Å². The molecule has 5 nitrogen and oxygen atoms in total. The van der Waals surface area contributed by atoms with Crippen molar-refractivity contribution in [2.24, 2.45) is 5.92 Å². The average molecular weight is 304 g/mol. The molecule has 1 amide bonds. The lowest BCUT2D eigenvalue weighted by atomic mass is 10.1. The van der Waals surface area contributed by atoms with E-state index < -0.39 is 0 Å². The van der Waals surface area contributed by atoms with Crippen LogP contribution in [0.5, 0.6) is 5.75 Å². The van der Waals surface area contributed by atoms with E-state index >= 15 is 0 Å². The molecule has 0 aromatic heterocycles. The normalized spacial score (nSPS) is 19.4. The van der Waals surface area contributed by atoms with Crippen molar-refractivity contribution in [1.82, 2.24) is 9.80 Å². The summed E-state index contributed by atoms with van der Waals surface area (Å²) in [6, 6.07) is 6.47. The van der Waals surface area contributed by atoms with Crippen molar-refractivity contribution in [2.75, 3.05) is 45.9 Å². The number of hydrogen-bond acceptors (Lipinski definition) is 4. The average Bonchev–Trinajstić information content (AvgIpc) is 3.37. The van der Waals surface area contributed by atoms with Gasteiger partial charge in [-0.15, -0.1) is 0 Å². The van der Waals surface area contributed by atoms with Crippen molar-refractivity contribution in [2.45, 2.75) is 12.8 Å². The number of hydrogen-bond donors (Lipinski definition) is 1. The van der Waals surface area contributed by atoms with E-state index in [1.54, 1.807) is 24.3 Å². The Kier molecular flexibility index (Phi) is 4.95. The zero-order valence-corrected chi connectivity index (χ0v) is 12.9. The molecule has 2 fully saturated rings. The Morgan fingerprint density at radius 2 is 1.82 bits per heavy atom. The Labute approximate surface area is 131 Å². The van der Waals surface area contributed by atoms with Gasteiger partial charge in [-0.05, 0) is 43.0 Å². The van der Waals surface area contributed by atoms with Crippen molar-refractivity contribution < 1.29 is 14.6 Å². The molecule has 5 heteroatoms. The zero-order valence-electron chi connectivity index (χ0n) is 12.9. The van der Waals surface area contributed by atoms with Crippen LogP contribution >= 0.6 is 0 Å². The minimum Gasteiger partial charge on any atom is -0.508 e. The molecule has 1 N–H and O–H groups in total. The molecule has 120 valence electrons. The number of benzene rings is 1. The highest BCUT2D eigenvalue weighted by atomic mass is 16.5. The number of phenolic OH excluding ortho intramolecular Hbond substituents is 1. The first-order valence-corrected chi connectivity index (χ1v) is 8.11. The summed E-state index contributed by atoms with van der Waals surface area (Å²) in [5.74, 6) is 1.05. The van der Waals surface area contributed by atoms with E-state index in [1.807, 2.05) is 4.90 Å². The van der Waals surface area contributed by atoms with Gasteiger partial charge in [-0.3, -0.25) is 9.69 Å². The fraction of sp³-hybridized carbons (Fsp3) is 0.588. The quantitative estimate of drug-likeness (QED) is 0.811. The number of aromatic hydroxyl groups is 1. The van der Waals surface area contributed by atoms with E-state index in [1.165, 1.54) is 12.8 Å². The number of phenols is 1. The molecule has 0 unspecified atom stereocenters. The van der Waals surface area contributed by atoms with Crippen LogP contribution in [0.3, 0.4) is 0 Å². The van der Waals surface area contributed by atoms with Gasteiger partial charge in [0.05, 0.1) is 6.61 Å². The summed E-state index contributed by atoms with van der Waals surface area (Å²) in [5.41, 5.74) is 0.638. The Balaban J connectivity index is 1.38. The first-order chi connectivity index (χ1) is 10.7. The Morgan fingerprint density at radius 1 is 1.14 bits per heavy atom. The van der Waals surface area contributed by atoms with Crippen LogP contribution in [0.15, 0.2) is 24.3 Å². The molecule has 1 aromatic rings. The van der Waals surface area contributed by atoms with E-state index in [9.17, 15) is 9.90 Å². The van der Waals surface area contributed by atoms with Gasteiger partial charge in [0.15, 0.2) is 0 Å². The van der Waals surface area contributed by atoms with Gasteiger partial charge in [0.1, 0.15) is 5.75 Å². The molecular weight excluding hydrogens is 280 g/mol. The maximum absolute atomic E-state index is 12.4. The second-order valence-electron chi connectivity index (χ2n) is 6.20. The molecular formula is C17H24N2O3. The third kappa shape index (κ3) is 4.21. The van der Waals surface area contributed by atoms with Crippen molar-refractivity contribution in [3.8, 4) is 5.75 Å². The number of amides is 1. The van der Waals surface area contributed by atoms with Gasteiger partial charge in [-0.25, -0.2) is 0 Å². The molecule has 1 aliphatic heterocycles. The van der Waals surface area contributed by atoms with Crippen LogP contribution in [0.2, 0.25) is 0 Å². The monoisotopic (exact) mass is 304 g/mol. The zero-order chi connectivity index (χ0) is 15.4. The van der Waals surface area contributed by atoms with Crippen LogP contribution in [0, 0.1) is 5.92 Å². The van der Waals surface area contributed by atoms with Crippen molar-refractivity contribution in [3.63, 3.8) is 0 Å². The van der Waals surface area contributed by atoms with Gasteiger partial charge in [-0.2, -0.15) is 0 Å². The first-order valence-electron chi connectivity index (χ1n) is 8.11. The molecule has 1 saturated heterocycles. The summed E-state index contributed by atoms with van der Waals surface area (Å²) in [7, 11) is 0. The lowest BCUT2D eigenvalue weighted by molar-refractivity contribution is 0.0539. The summed E-state index contributed by atoms with van der Waals surface area (Å²) in [4.78, 5) is 16.6. The Morgan fingerprint density at radius 3 is 2.45 bits per heavy atom. The summed E-state index contributed by atoms with van der Waals surface area (Å²) in [5, 5.41) is 9.28. The third-order valence-corrected chi connectivity index (χ3v) is 4.38. The fourth-order valence-electron chi connectivity index (χ4n) is 2.69. The van der Waals surface area contributed by atoms with Crippen molar-refractivity contribution >= 4 is 5.91 Å². The topological polar surface area (TPSA) is 53.0 Å². The molecule has 1 heterocycles. The number of nitrogens with zero attached hydrogens (tertiary/aromatic N) is 2. The lowest BCUT2D eigenvalue weighted by Gasteiger charge is -2.34. The summed E-state index contributed by atoms with van der Waals surface area (Å²) in [6.07, 6.45) is 2.66. The van der Waals surface area contributed by atoms with Gasteiger partial charge in [0.25, 0.3) is 5.91 Å². The van der Waals surface area contributed by atoms with Crippen LogP contribution in [0.1, 0.15) is 23.2 Å². The van der Waals surface area contributed by atoms with Crippen LogP contribution in [0.4, 0.5) is 0 Å². The Bertz CT molecular complexity index is 491.